The lowest BCUT2D eigenvalue weighted by atomic mass is 10.0. The molecule has 0 saturated carbocycles. The van der Waals surface area contributed by atoms with E-state index < -0.39 is 0 Å². The van der Waals surface area contributed by atoms with Gasteiger partial charge in [0.05, 0.1) is 23.9 Å². The second-order valence-electron chi connectivity index (χ2n) is 8.13. The molecule has 3 aromatic carbocycles. The van der Waals surface area contributed by atoms with Crippen LogP contribution in [0.3, 0.4) is 0 Å². The Kier molecular flexibility index (Phi) is 6.53. The van der Waals surface area contributed by atoms with Crippen molar-refractivity contribution in [1.29, 1.82) is 0 Å². The molecule has 0 aliphatic carbocycles. The molecule has 0 radical (unpaired) electrons. The van der Waals surface area contributed by atoms with Crippen molar-refractivity contribution in [3.8, 4) is 33.9 Å². The molecule has 0 N–H and O–H groups in total. The molecule has 0 fully saturated rings. The maximum absolute atomic E-state index is 6.20. The predicted octanol–water partition coefficient (Wildman–Crippen LogP) is 7.63. The summed E-state index contributed by atoms with van der Waals surface area (Å²) in [5.41, 5.74) is 4.13. The minimum absolute atomic E-state index is 0.611. The van der Waals surface area contributed by atoms with Crippen LogP contribution in [-0.4, -0.2) is 14.7 Å². The van der Waals surface area contributed by atoms with Crippen molar-refractivity contribution in [1.82, 2.24) is 14.7 Å². The van der Waals surface area contributed by atoms with Gasteiger partial charge in [-0.2, -0.15) is 0 Å². The zero-order valence-electron chi connectivity index (χ0n) is 19.6. The lowest BCUT2D eigenvalue weighted by Crippen LogP contribution is -2.07. The summed E-state index contributed by atoms with van der Waals surface area (Å²) in [5, 5.41) is 0.874. The van der Waals surface area contributed by atoms with E-state index in [2.05, 4.69) is 11.1 Å². The summed E-state index contributed by atoms with van der Waals surface area (Å²) in [4.78, 5) is 15.9. The third-order valence-electron chi connectivity index (χ3n) is 5.71. The Morgan fingerprint density at radius 3 is 2.27 bits per heavy atom. The number of fused-ring (bicyclic) bond motifs is 1. The highest BCUT2D eigenvalue weighted by Crippen LogP contribution is 2.36. The van der Waals surface area contributed by atoms with E-state index in [0.717, 1.165) is 56.2 Å². The van der Waals surface area contributed by atoms with Crippen molar-refractivity contribution in [2.45, 2.75) is 4.90 Å². The molecular formula is C30H21N3O3S. The Hall–Kier alpha value is -4.59. The number of nitrogens with zero attached hydrogens (tertiary/aromatic N) is 3. The number of hydrogen-bond donors (Lipinski definition) is 0. The molecule has 6 aromatic rings. The Labute approximate surface area is 218 Å². The van der Waals surface area contributed by atoms with Crippen LogP contribution < -0.4 is 9.73 Å². The van der Waals surface area contributed by atoms with Crippen LogP contribution in [0.5, 0.6) is 11.5 Å². The van der Waals surface area contributed by atoms with Crippen LogP contribution in [0, 0.1) is 0 Å². The summed E-state index contributed by atoms with van der Waals surface area (Å²) in [6.45, 7) is 0. The molecule has 3 aromatic heterocycles. The fraction of sp³-hybridized carbons (Fsp3) is 0. The van der Waals surface area contributed by atoms with Crippen molar-refractivity contribution in [3.05, 3.63) is 128 Å². The normalized spacial score (nSPS) is 10.9. The van der Waals surface area contributed by atoms with E-state index in [1.807, 2.05) is 116 Å². The van der Waals surface area contributed by atoms with E-state index in [1.165, 1.54) is 4.73 Å². The first-order valence-corrected chi connectivity index (χ1v) is 12.4. The van der Waals surface area contributed by atoms with Crippen molar-refractivity contribution in [2.75, 3.05) is 0 Å². The van der Waals surface area contributed by atoms with Crippen LogP contribution in [0.4, 0.5) is 0 Å². The highest BCUT2D eigenvalue weighted by Gasteiger charge is 2.17. The zero-order chi connectivity index (χ0) is 24.9. The summed E-state index contributed by atoms with van der Waals surface area (Å²) in [5.74, 6) is 1.51. The van der Waals surface area contributed by atoms with Gasteiger partial charge in [-0.25, -0.2) is 9.97 Å². The summed E-state index contributed by atoms with van der Waals surface area (Å²) < 4.78 is 13.2. The van der Waals surface area contributed by atoms with Gasteiger partial charge in [0.2, 0.25) is 0 Å². The summed E-state index contributed by atoms with van der Waals surface area (Å²) in [7, 11) is 0. The first-order valence-electron chi connectivity index (χ1n) is 11.7. The van der Waals surface area contributed by atoms with Gasteiger partial charge in [0, 0.05) is 39.4 Å². The molecule has 0 aliphatic heterocycles. The van der Waals surface area contributed by atoms with Gasteiger partial charge in [-0.1, -0.05) is 65.0 Å². The van der Waals surface area contributed by atoms with Gasteiger partial charge in [0.1, 0.15) is 11.5 Å². The van der Waals surface area contributed by atoms with Crippen LogP contribution >= 0.6 is 12.0 Å². The van der Waals surface area contributed by atoms with Crippen molar-refractivity contribution < 1.29 is 14.1 Å². The molecule has 6 nitrogen and oxygen atoms in total. The predicted molar refractivity (Wildman–Crippen MR) is 145 cm³/mol. The van der Waals surface area contributed by atoms with E-state index in [1.54, 1.807) is 6.20 Å². The molecule has 0 saturated heterocycles. The summed E-state index contributed by atoms with van der Waals surface area (Å²) >= 11 is 1.13. The molecule has 37 heavy (non-hydrogen) atoms. The summed E-state index contributed by atoms with van der Waals surface area (Å²) in [6.07, 6.45) is 5.41. The first-order chi connectivity index (χ1) is 18.3. The fourth-order valence-corrected chi connectivity index (χ4v) is 4.43. The molecular weight excluding hydrogens is 482 g/mol. The molecule has 7 heteroatoms. The molecule has 0 atom stereocenters. The van der Waals surface area contributed by atoms with Gasteiger partial charge in [0.25, 0.3) is 0 Å². The Morgan fingerprint density at radius 1 is 0.703 bits per heavy atom. The monoisotopic (exact) mass is 503 g/mol. The summed E-state index contributed by atoms with van der Waals surface area (Å²) in [6, 6.07) is 35.2. The third-order valence-corrected chi connectivity index (χ3v) is 6.30. The van der Waals surface area contributed by atoms with E-state index in [0.29, 0.717) is 5.65 Å². The largest absolute Gasteiger partial charge is 0.457 e. The zero-order valence-corrected chi connectivity index (χ0v) is 20.4. The van der Waals surface area contributed by atoms with Crippen LogP contribution in [0.2, 0.25) is 0 Å². The lowest BCUT2D eigenvalue weighted by molar-refractivity contribution is -0.188. The quantitative estimate of drug-likeness (QED) is 0.121. The third kappa shape index (κ3) is 5.04. The standard InChI is InChI=1S/C30H21N3O3S/c1-3-11-23(12-4-1)34-29-17-8-7-15-25(29)22-19-26-27(28-16-9-10-18-31-28)21-33(30(26)32-20-22)35-36-37-24-13-5-2-6-14-24/h1-21H. The van der Waals surface area contributed by atoms with Gasteiger partial charge in [0.15, 0.2) is 5.65 Å². The topological polar surface area (TPSA) is 58.4 Å². The number of hydrogen-bond acceptors (Lipinski definition) is 6. The van der Waals surface area contributed by atoms with Gasteiger partial charge in [-0.15, -0.1) is 4.73 Å². The Balaban J connectivity index is 1.38. The second kappa shape index (κ2) is 10.6. The number of ether oxygens (including phenoxy) is 1. The van der Waals surface area contributed by atoms with Crippen LogP contribution in [0.1, 0.15) is 0 Å². The first kappa shape index (κ1) is 22.8. The van der Waals surface area contributed by atoms with E-state index >= 15 is 0 Å². The van der Waals surface area contributed by atoms with Gasteiger partial charge < -0.3 is 4.74 Å². The van der Waals surface area contributed by atoms with Gasteiger partial charge in [-0.3, -0.25) is 4.98 Å². The highest BCUT2D eigenvalue weighted by atomic mass is 32.2. The van der Waals surface area contributed by atoms with Gasteiger partial charge in [-0.05, 0) is 48.5 Å². The molecule has 3 heterocycles. The van der Waals surface area contributed by atoms with Crippen LogP contribution in [-0.2, 0) is 4.33 Å². The highest BCUT2D eigenvalue weighted by molar-refractivity contribution is 7.94. The second-order valence-corrected chi connectivity index (χ2v) is 8.90. The number of aromatic nitrogens is 3. The molecule has 0 unspecified atom stereocenters. The SMILES string of the molecule is c1ccc(Oc2ccccc2-c2cnc3c(c2)c(-c2ccccn2)cn3OOSc2ccccc2)cc1. The fourth-order valence-electron chi connectivity index (χ4n) is 3.98. The van der Waals surface area contributed by atoms with Crippen LogP contribution in [0.15, 0.2) is 133 Å². The molecule has 0 aliphatic rings. The smallest absolute Gasteiger partial charge is 0.179 e. The Bertz CT molecular complexity index is 1620. The van der Waals surface area contributed by atoms with E-state index in [4.69, 9.17) is 19.0 Å². The molecule has 6 rings (SSSR count). The number of benzene rings is 3. The molecule has 180 valence electrons. The van der Waals surface area contributed by atoms with Gasteiger partial charge >= 0.3 is 0 Å². The van der Waals surface area contributed by atoms with Crippen LogP contribution in [0.25, 0.3) is 33.4 Å². The molecule has 0 bridgehead atoms. The maximum atomic E-state index is 6.20. The maximum Gasteiger partial charge on any atom is 0.179 e. The molecule has 0 amide bonds. The van der Waals surface area contributed by atoms with Crippen molar-refractivity contribution >= 4 is 23.1 Å². The average Bonchev–Trinajstić information content (AvgIpc) is 3.33. The average molecular weight is 504 g/mol. The van der Waals surface area contributed by atoms with Crippen molar-refractivity contribution in [3.63, 3.8) is 0 Å². The number of rotatable bonds is 8. The van der Waals surface area contributed by atoms with Crippen molar-refractivity contribution in [2.24, 2.45) is 0 Å². The van der Waals surface area contributed by atoms with E-state index in [9.17, 15) is 0 Å². The lowest BCUT2D eigenvalue weighted by Gasteiger charge is -2.11. The molecule has 0 spiro atoms. The number of pyridine rings is 2. The minimum Gasteiger partial charge on any atom is -0.457 e. The number of para-hydroxylation sites is 2. The van der Waals surface area contributed by atoms with E-state index in [-0.39, 0.29) is 0 Å². The Morgan fingerprint density at radius 2 is 1.46 bits per heavy atom. The minimum atomic E-state index is 0.611.